The molecule has 1 aliphatic carbocycles. The molecule has 4 nitrogen and oxygen atoms in total. The monoisotopic (exact) mass is 431 g/mol. The van der Waals surface area contributed by atoms with Gasteiger partial charge in [0.15, 0.2) is 0 Å². The molecule has 1 amide bonds. The van der Waals surface area contributed by atoms with Gasteiger partial charge in [-0.15, -0.1) is 24.8 Å². The van der Waals surface area contributed by atoms with Crippen LogP contribution in [-0.4, -0.2) is 38.1 Å². The molecule has 2 saturated heterocycles. The van der Waals surface area contributed by atoms with Crippen molar-refractivity contribution in [1.29, 1.82) is 0 Å². The van der Waals surface area contributed by atoms with Gasteiger partial charge in [0, 0.05) is 18.5 Å². The van der Waals surface area contributed by atoms with Crippen LogP contribution in [0, 0.1) is 11.2 Å². The number of piperidine rings is 1. The first-order valence-electron chi connectivity index (χ1n) is 10.1. The molecule has 3 fully saturated rings. The molecule has 1 saturated carbocycles. The highest BCUT2D eigenvalue weighted by Crippen LogP contribution is 2.42. The molecule has 1 aromatic carbocycles. The number of halogens is 3. The van der Waals surface area contributed by atoms with E-state index in [0.717, 1.165) is 70.1 Å². The molecule has 158 valence electrons. The highest BCUT2D eigenvalue weighted by Gasteiger charge is 2.43. The largest absolute Gasteiger partial charge is 0.354 e. The van der Waals surface area contributed by atoms with E-state index in [1.807, 2.05) is 12.1 Å². The number of carbonyl (C=O) groups excluding carboxylic acids is 1. The SMILES string of the molecule is Cl.Cl.O=C(NCC1(c2ccccc2F)CCCC1)C1CC2(CCNCC2)CN1. The zero-order valence-electron chi connectivity index (χ0n) is 16.3. The van der Waals surface area contributed by atoms with Gasteiger partial charge in [0.25, 0.3) is 0 Å². The molecular formula is C21H32Cl2FN3O. The average molecular weight is 432 g/mol. The number of hydrogen-bond acceptors (Lipinski definition) is 3. The Morgan fingerprint density at radius 3 is 2.46 bits per heavy atom. The second-order valence-electron chi connectivity index (χ2n) is 8.57. The minimum absolute atomic E-state index is 0. The molecule has 4 rings (SSSR count). The maximum absolute atomic E-state index is 14.4. The van der Waals surface area contributed by atoms with Crippen molar-refractivity contribution in [2.45, 2.75) is 56.4 Å². The molecular weight excluding hydrogens is 400 g/mol. The fraction of sp³-hybridized carbons (Fsp3) is 0.667. The quantitative estimate of drug-likeness (QED) is 0.684. The average Bonchev–Trinajstić information content (AvgIpc) is 3.29. The van der Waals surface area contributed by atoms with Crippen LogP contribution in [0.5, 0.6) is 0 Å². The summed E-state index contributed by atoms with van der Waals surface area (Å²) in [6, 6.07) is 6.97. The molecule has 0 aromatic heterocycles. The van der Waals surface area contributed by atoms with Crippen LogP contribution >= 0.6 is 24.8 Å². The number of nitrogens with one attached hydrogen (secondary N) is 3. The van der Waals surface area contributed by atoms with Crippen molar-refractivity contribution in [2.24, 2.45) is 5.41 Å². The molecule has 1 unspecified atom stereocenters. The summed E-state index contributed by atoms with van der Waals surface area (Å²) in [5.41, 5.74) is 0.808. The molecule has 0 radical (unpaired) electrons. The minimum Gasteiger partial charge on any atom is -0.354 e. The van der Waals surface area contributed by atoms with E-state index in [2.05, 4.69) is 16.0 Å². The highest BCUT2D eigenvalue weighted by molar-refractivity contribution is 5.85. The van der Waals surface area contributed by atoms with E-state index in [9.17, 15) is 9.18 Å². The topological polar surface area (TPSA) is 53.2 Å². The number of benzene rings is 1. The van der Waals surface area contributed by atoms with Crippen LogP contribution in [0.3, 0.4) is 0 Å². The maximum atomic E-state index is 14.4. The molecule has 3 aliphatic rings. The van der Waals surface area contributed by atoms with Crippen molar-refractivity contribution in [3.8, 4) is 0 Å². The van der Waals surface area contributed by atoms with Crippen LogP contribution in [-0.2, 0) is 10.2 Å². The maximum Gasteiger partial charge on any atom is 0.237 e. The van der Waals surface area contributed by atoms with E-state index in [-0.39, 0.29) is 53.4 Å². The molecule has 1 aromatic rings. The van der Waals surface area contributed by atoms with Gasteiger partial charge < -0.3 is 16.0 Å². The lowest BCUT2D eigenvalue weighted by Crippen LogP contribution is -2.46. The lowest BCUT2D eigenvalue weighted by atomic mass is 9.77. The lowest BCUT2D eigenvalue weighted by molar-refractivity contribution is -0.123. The number of carbonyl (C=O) groups is 1. The Hall–Kier alpha value is -0.880. The van der Waals surface area contributed by atoms with Crippen LogP contribution in [0.1, 0.15) is 50.5 Å². The van der Waals surface area contributed by atoms with Crippen molar-refractivity contribution < 1.29 is 9.18 Å². The molecule has 2 heterocycles. The Labute approximate surface area is 179 Å². The van der Waals surface area contributed by atoms with Gasteiger partial charge >= 0.3 is 0 Å². The van der Waals surface area contributed by atoms with Crippen molar-refractivity contribution in [3.05, 3.63) is 35.6 Å². The summed E-state index contributed by atoms with van der Waals surface area (Å²) in [4.78, 5) is 12.8. The van der Waals surface area contributed by atoms with Gasteiger partial charge in [0.1, 0.15) is 5.82 Å². The van der Waals surface area contributed by atoms with E-state index >= 15 is 0 Å². The zero-order valence-corrected chi connectivity index (χ0v) is 17.9. The molecule has 7 heteroatoms. The van der Waals surface area contributed by atoms with E-state index in [4.69, 9.17) is 0 Å². The standard InChI is InChI=1S/C21H30FN3O.2ClH/c22-17-6-2-1-5-16(17)21(7-3-4-8-21)15-25-19(26)18-13-20(14-24-18)9-11-23-12-10-20;;/h1-2,5-6,18,23-24H,3-4,7-15H2,(H,25,26);2*1H. The summed E-state index contributed by atoms with van der Waals surface area (Å²) in [5.74, 6) is -0.0562. The fourth-order valence-corrected chi connectivity index (χ4v) is 5.30. The van der Waals surface area contributed by atoms with Crippen LogP contribution in [0.15, 0.2) is 24.3 Å². The third-order valence-electron chi connectivity index (χ3n) is 6.95. The molecule has 1 atom stereocenters. The van der Waals surface area contributed by atoms with E-state index in [0.29, 0.717) is 6.54 Å². The fourth-order valence-electron chi connectivity index (χ4n) is 5.30. The normalized spacial score (nSPS) is 25.0. The number of hydrogen-bond donors (Lipinski definition) is 3. The molecule has 2 aliphatic heterocycles. The summed E-state index contributed by atoms with van der Waals surface area (Å²) in [5, 5.41) is 10.0. The molecule has 3 N–H and O–H groups in total. The Morgan fingerprint density at radius 1 is 1.11 bits per heavy atom. The predicted molar refractivity (Wildman–Crippen MR) is 115 cm³/mol. The van der Waals surface area contributed by atoms with Gasteiger partial charge in [-0.05, 0) is 62.2 Å². The number of amides is 1. The van der Waals surface area contributed by atoms with Gasteiger partial charge in [-0.1, -0.05) is 31.0 Å². The number of rotatable bonds is 4. The van der Waals surface area contributed by atoms with Gasteiger partial charge in [-0.2, -0.15) is 0 Å². The van der Waals surface area contributed by atoms with E-state index < -0.39 is 0 Å². The van der Waals surface area contributed by atoms with Crippen molar-refractivity contribution in [2.75, 3.05) is 26.2 Å². The zero-order chi connectivity index (χ0) is 18.0. The summed E-state index contributed by atoms with van der Waals surface area (Å²) in [6.45, 7) is 3.57. The van der Waals surface area contributed by atoms with E-state index in [1.165, 1.54) is 6.07 Å². The third kappa shape index (κ3) is 4.64. The van der Waals surface area contributed by atoms with Gasteiger partial charge in [-0.25, -0.2) is 4.39 Å². The van der Waals surface area contributed by atoms with Crippen LogP contribution in [0.4, 0.5) is 4.39 Å². The summed E-state index contributed by atoms with van der Waals surface area (Å²) in [7, 11) is 0. The summed E-state index contributed by atoms with van der Waals surface area (Å²) in [6.07, 6.45) is 7.30. The van der Waals surface area contributed by atoms with Crippen LogP contribution in [0.25, 0.3) is 0 Å². The Kier molecular flexibility index (Phi) is 8.15. The first-order chi connectivity index (χ1) is 12.6. The second kappa shape index (κ2) is 9.75. The van der Waals surface area contributed by atoms with Gasteiger partial charge in [0.05, 0.1) is 6.04 Å². The molecule has 1 spiro atoms. The third-order valence-corrected chi connectivity index (χ3v) is 6.95. The van der Waals surface area contributed by atoms with E-state index in [1.54, 1.807) is 6.07 Å². The summed E-state index contributed by atoms with van der Waals surface area (Å²) < 4.78 is 14.4. The first kappa shape index (κ1) is 23.4. The highest BCUT2D eigenvalue weighted by atomic mass is 35.5. The molecule has 28 heavy (non-hydrogen) atoms. The van der Waals surface area contributed by atoms with Crippen molar-refractivity contribution in [3.63, 3.8) is 0 Å². The van der Waals surface area contributed by atoms with Crippen LogP contribution in [0.2, 0.25) is 0 Å². The van der Waals surface area contributed by atoms with Gasteiger partial charge in [-0.3, -0.25) is 4.79 Å². The molecule has 0 bridgehead atoms. The van der Waals surface area contributed by atoms with Crippen molar-refractivity contribution in [1.82, 2.24) is 16.0 Å². The van der Waals surface area contributed by atoms with Gasteiger partial charge in [0.2, 0.25) is 5.91 Å². The lowest BCUT2D eigenvalue weighted by Gasteiger charge is -2.33. The predicted octanol–water partition coefficient (Wildman–Crippen LogP) is 3.33. The Balaban J connectivity index is 0.00000140. The minimum atomic E-state index is -0.244. The Morgan fingerprint density at radius 2 is 1.79 bits per heavy atom. The first-order valence-corrected chi connectivity index (χ1v) is 10.1. The Bertz CT molecular complexity index is 661. The summed E-state index contributed by atoms with van der Waals surface area (Å²) >= 11 is 0. The smallest absolute Gasteiger partial charge is 0.237 e. The van der Waals surface area contributed by atoms with Crippen molar-refractivity contribution >= 4 is 30.7 Å². The second-order valence-corrected chi connectivity index (χ2v) is 8.57. The van der Waals surface area contributed by atoms with Crippen LogP contribution < -0.4 is 16.0 Å².